The Kier molecular flexibility index (Phi) is 10.8. The van der Waals surface area contributed by atoms with Crippen LogP contribution in [0.1, 0.15) is 51.4 Å². The molecule has 0 aliphatic carbocycles. The van der Waals surface area contributed by atoms with E-state index in [-0.39, 0.29) is 47.3 Å². The number of pyridine rings is 1. The Morgan fingerprint density at radius 3 is 2.42 bits per heavy atom. The third kappa shape index (κ3) is 7.97. The number of sulfonamides is 1. The van der Waals surface area contributed by atoms with Crippen LogP contribution in [0.25, 0.3) is 22.0 Å². The predicted molar refractivity (Wildman–Crippen MR) is 172 cm³/mol. The van der Waals surface area contributed by atoms with Crippen molar-refractivity contribution < 1.29 is 32.2 Å². The molecule has 13 heteroatoms. The Balaban J connectivity index is 1.86. The SMILES string of the molecule is CCNS(=O)(=O)c1cnc2cc(-c3cnc(OC)nc3OC)ccc2c1Nc1cc(OC(C)C)cc(C(=O)OCC(C)CC)c1. The number of nitrogens with one attached hydrogen (secondary N) is 2. The van der Waals surface area contributed by atoms with Crippen molar-refractivity contribution in [2.45, 2.75) is 52.0 Å². The molecule has 4 aromatic rings. The molecule has 1 atom stereocenters. The molecule has 0 spiro atoms. The van der Waals surface area contributed by atoms with Gasteiger partial charge in [0.2, 0.25) is 15.9 Å². The van der Waals surface area contributed by atoms with Crippen LogP contribution in [0.4, 0.5) is 11.4 Å². The van der Waals surface area contributed by atoms with Crippen molar-refractivity contribution in [1.82, 2.24) is 19.7 Å². The van der Waals surface area contributed by atoms with Gasteiger partial charge in [-0.2, -0.15) is 4.98 Å². The van der Waals surface area contributed by atoms with Gasteiger partial charge in [0, 0.05) is 36.1 Å². The smallest absolute Gasteiger partial charge is 0.338 e. The van der Waals surface area contributed by atoms with Crippen LogP contribution in [-0.4, -0.2) is 62.8 Å². The number of carbonyl (C=O) groups is 1. The topological polar surface area (TPSA) is 151 Å². The van der Waals surface area contributed by atoms with Crippen LogP contribution < -0.4 is 24.2 Å². The maximum Gasteiger partial charge on any atom is 0.338 e. The number of fused-ring (bicyclic) bond motifs is 1. The highest BCUT2D eigenvalue weighted by molar-refractivity contribution is 7.89. The number of esters is 1. The molecule has 2 aromatic carbocycles. The van der Waals surface area contributed by atoms with Crippen molar-refractivity contribution in [2.75, 3.05) is 32.7 Å². The highest BCUT2D eigenvalue weighted by Crippen LogP contribution is 2.37. The highest BCUT2D eigenvalue weighted by atomic mass is 32.2. The standard InChI is InChI=1S/C32H39N5O7S/c1-8-20(5)18-43-31(38)22-12-23(15-24(13-22)44-19(3)4)36-29-25-11-10-21(26-16-34-32(42-7)37-30(26)41-6)14-27(25)33-17-28(29)45(39,40)35-9-2/h10-17,19-20,35H,8-9,18H2,1-7H3,(H,33,36). The minimum absolute atomic E-state index is 0.0639. The molecule has 1 unspecified atom stereocenters. The molecule has 4 rings (SSSR count). The second-order valence-electron chi connectivity index (χ2n) is 10.7. The zero-order valence-electron chi connectivity index (χ0n) is 26.5. The van der Waals surface area contributed by atoms with E-state index < -0.39 is 16.0 Å². The molecule has 0 aliphatic heterocycles. The summed E-state index contributed by atoms with van der Waals surface area (Å²) >= 11 is 0. The van der Waals surface area contributed by atoms with Crippen LogP contribution in [-0.2, 0) is 14.8 Å². The van der Waals surface area contributed by atoms with Crippen molar-refractivity contribution in [2.24, 2.45) is 5.92 Å². The molecule has 0 bridgehead atoms. The van der Waals surface area contributed by atoms with Gasteiger partial charge in [-0.15, -0.1) is 0 Å². The molecule has 2 heterocycles. The van der Waals surface area contributed by atoms with E-state index in [0.717, 1.165) is 6.42 Å². The van der Waals surface area contributed by atoms with Crippen molar-refractivity contribution in [1.29, 1.82) is 0 Å². The monoisotopic (exact) mass is 637 g/mol. The lowest BCUT2D eigenvalue weighted by Crippen LogP contribution is -2.24. The molecule has 0 saturated carbocycles. The first-order valence-electron chi connectivity index (χ1n) is 14.6. The number of benzene rings is 2. The van der Waals surface area contributed by atoms with E-state index in [1.807, 2.05) is 27.7 Å². The van der Waals surface area contributed by atoms with E-state index in [1.54, 1.807) is 49.5 Å². The first kappa shape index (κ1) is 33.4. The lowest BCUT2D eigenvalue weighted by atomic mass is 10.0. The van der Waals surface area contributed by atoms with Crippen LogP contribution in [0.3, 0.4) is 0 Å². The third-order valence-electron chi connectivity index (χ3n) is 6.86. The zero-order valence-corrected chi connectivity index (χ0v) is 27.3. The summed E-state index contributed by atoms with van der Waals surface area (Å²) in [5.41, 5.74) is 2.75. The number of aromatic nitrogens is 3. The second-order valence-corrected chi connectivity index (χ2v) is 12.4. The average Bonchev–Trinajstić information content (AvgIpc) is 3.02. The van der Waals surface area contributed by atoms with Gasteiger partial charge in [0.25, 0.3) is 0 Å². The fourth-order valence-corrected chi connectivity index (χ4v) is 5.60. The van der Waals surface area contributed by atoms with Crippen LogP contribution >= 0.6 is 0 Å². The molecule has 2 N–H and O–H groups in total. The summed E-state index contributed by atoms with van der Waals surface area (Å²) in [4.78, 5) is 25.9. The van der Waals surface area contributed by atoms with Crippen molar-refractivity contribution in [3.63, 3.8) is 0 Å². The average molecular weight is 638 g/mol. The molecule has 0 aliphatic rings. The Hall–Kier alpha value is -4.49. The van der Waals surface area contributed by atoms with Gasteiger partial charge >= 0.3 is 12.0 Å². The Morgan fingerprint density at radius 2 is 1.76 bits per heavy atom. The third-order valence-corrected chi connectivity index (χ3v) is 8.41. The maximum absolute atomic E-state index is 13.3. The lowest BCUT2D eigenvalue weighted by molar-refractivity contribution is 0.0446. The number of ether oxygens (including phenoxy) is 4. The summed E-state index contributed by atoms with van der Waals surface area (Å²) in [6.07, 6.45) is 3.57. The van der Waals surface area contributed by atoms with Crippen LogP contribution in [0.2, 0.25) is 0 Å². The number of hydrogen-bond donors (Lipinski definition) is 2. The van der Waals surface area contributed by atoms with E-state index in [4.69, 9.17) is 18.9 Å². The molecular weight excluding hydrogens is 598 g/mol. The quantitative estimate of drug-likeness (QED) is 0.163. The molecule has 0 amide bonds. The summed E-state index contributed by atoms with van der Waals surface area (Å²) in [6.45, 7) is 9.93. The number of rotatable bonds is 14. The molecule has 45 heavy (non-hydrogen) atoms. The van der Waals surface area contributed by atoms with E-state index >= 15 is 0 Å². The number of hydrogen-bond acceptors (Lipinski definition) is 11. The summed E-state index contributed by atoms with van der Waals surface area (Å²) in [5, 5.41) is 3.76. The van der Waals surface area contributed by atoms with Gasteiger partial charge in [-0.3, -0.25) is 4.98 Å². The molecule has 0 radical (unpaired) electrons. The van der Waals surface area contributed by atoms with E-state index in [0.29, 0.717) is 39.3 Å². The number of methoxy groups -OCH3 is 2. The molecule has 240 valence electrons. The van der Waals surface area contributed by atoms with Crippen LogP contribution in [0, 0.1) is 5.92 Å². The lowest BCUT2D eigenvalue weighted by Gasteiger charge is -2.18. The minimum Gasteiger partial charge on any atom is -0.491 e. The van der Waals surface area contributed by atoms with Gasteiger partial charge < -0.3 is 24.3 Å². The van der Waals surface area contributed by atoms with Crippen molar-refractivity contribution in [3.8, 4) is 28.8 Å². The number of anilines is 2. The van der Waals surface area contributed by atoms with Gasteiger partial charge in [0.15, 0.2) is 0 Å². The zero-order chi connectivity index (χ0) is 32.7. The van der Waals surface area contributed by atoms with Gasteiger partial charge in [0.1, 0.15) is 10.6 Å². The van der Waals surface area contributed by atoms with E-state index in [9.17, 15) is 13.2 Å². The minimum atomic E-state index is -3.96. The Morgan fingerprint density at radius 1 is 0.978 bits per heavy atom. The number of nitrogens with zero attached hydrogens (tertiary/aromatic N) is 3. The Bertz CT molecular complexity index is 1780. The van der Waals surface area contributed by atoms with Crippen molar-refractivity contribution in [3.05, 3.63) is 54.4 Å². The molecule has 0 saturated heterocycles. The van der Waals surface area contributed by atoms with E-state index in [2.05, 4.69) is 25.0 Å². The maximum atomic E-state index is 13.3. The molecule has 2 aromatic heterocycles. The summed E-state index contributed by atoms with van der Waals surface area (Å²) in [7, 11) is -1.00. The summed E-state index contributed by atoms with van der Waals surface area (Å²) < 4.78 is 51.3. The van der Waals surface area contributed by atoms with E-state index in [1.165, 1.54) is 20.4 Å². The van der Waals surface area contributed by atoms with Gasteiger partial charge in [-0.1, -0.05) is 39.3 Å². The first-order chi connectivity index (χ1) is 21.5. The Labute approximate surface area is 263 Å². The number of carbonyl (C=O) groups excluding carboxylic acids is 1. The van der Waals surface area contributed by atoms with Crippen molar-refractivity contribution >= 4 is 38.3 Å². The fraction of sp³-hybridized carbons (Fsp3) is 0.375. The van der Waals surface area contributed by atoms with Crippen LogP contribution in [0.15, 0.2) is 53.7 Å². The highest BCUT2D eigenvalue weighted by Gasteiger charge is 2.23. The van der Waals surface area contributed by atoms with Gasteiger partial charge in [-0.25, -0.2) is 22.9 Å². The fourth-order valence-electron chi connectivity index (χ4n) is 4.44. The normalized spacial score (nSPS) is 12.2. The van der Waals surface area contributed by atoms with Gasteiger partial charge in [0.05, 0.1) is 49.3 Å². The molecular formula is C32H39N5O7S. The van der Waals surface area contributed by atoms with Crippen LogP contribution in [0.5, 0.6) is 17.6 Å². The second kappa shape index (κ2) is 14.5. The molecule has 12 nitrogen and oxygen atoms in total. The van der Waals surface area contributed by atoms with Gasteiger partial charge in [-0.05, 0) is 43.5 Å². The summed E-state index contributed by atoms with van der Waals surface area (Å²) in [6, 6.07) is 10.4. The summed E-state index contributed by atoms with van der Waals surface area (Å²) in [5.74, 6) is 0.431. The first-order valence-corrected chi connectivity index (χ1v) is 16.1. The largest absolute Gasteiger partial charge is 0.491 e. The predicted octanol–water partition coefficient (Wildman–Crippen LogP) is 5.74. The molecule has 0 fully saturated rings.